The Morgan fingerprint density at radius 2 is 1.68 bits per heavy atom. The van der Waals surface area contributed by atoms with Gasteiger partial charge >= 0.3 is 0 Å². The molecule has 0 saturated carbocycles. The van der Waals surface area contributed by atoms with Crippen molar-refractivity contribution in [3.05, 3.63) is 65.0 Å². The molecule has 0 amide bonds. The lowest BCUT2D eigenvalue weighted by Gasteiger charge is -2.19. The maximum Gasteiger partial charge on any atom is 0.196 e. The van der Waals surface area contributed by atoms with Crippen LogP contribution in [0.2, 0.25) is 0 Å². The molecule has 1 aliphatic heterocycles. The lowest BCUT2D eigenvalue weighted by molar-refractivity contribution is 0.448. The molecule has 3 rings (SSSR count). The van der Waals surface area contributed by atoms with Crippen LogP contribution in [0, 0.1) is 22.9 Å². The number of halogens is 3. The van der Waals surface area contributed by atoms with Gasteiger partial charge in [0.15, 0.2) is 17.5 Å². The van der Waals surface area contributed by atoms with Gasteiger partial charge in [0.1, 0.15) is 5.84 Å². The van der Waals surface area contributed by atoms with Crippen molar-refractivity contribution in [3.63, 3.8) is 0 Å². The molecule has 0 bridgehead atoms. The SMILES string of the molecule is N=C1c2ccccc2CN1c1ccc(F)c(F)c1F. The average Bonchev–Trinajstić information content (AvgIpc) is 2.74. The van der Waals surface area contributed by atoms with Gasteiger partial charge in [-0.15, -0.1) is 0 Å². The molecule has 19 heavy (non-hydrogen) atoms. The molecule has 0 aliphatic carbocycles. The summed E-state index contributed by atoms with van der Waals surface area (Å²) in [5, 5.41) is 7.99. The second-order valence-corrected chi connectivity index (χ2v) is 4.29. The van der Waals surface area contributed by atoms with Gasteiger partial charge in [0.05, 0.1) is 12.2 Å². The standard InChI is InChI=1S/C14H9F3N2/c15-10-5-6-11(13(17)12(10)16)19-7-8-3-1-2-4-9(8)14(19)18/h1-6,18H,7H2. The highest BCUT2D eigenvalue weighted by atomic mass is 19.2. The molecule has 0 aromatic heterocycles. The van der Waals surface area contributed by atoms with E-state index in [0.717, 1.165) is 17.7 Å². The summed E-state index contributed by atoms with van der Waals surface area (Å²) in [5.74, 6) is -3.93. The summed E-state index contributed by atoms with van der Waals surface area (Å²) in [6, 6.07) is 9.17. The Bertz CT molecular complexity index is 682. The van der Waals surface area contributed by atoms with Crippen molar-refractivity contribution >= 4 is 11.5 Å². The van der Waals surface area contributed by atoms with Crippen molar-refractivity contribution < 1.29 is 13.2 Å². The molecule has 1 aliphatic rings. The van der Waals surface area contributed by atoms with E-state index < -0.39 is 17.5 Å². The highest BCUT2D eigenvalue weighted by Crippen LogP contribution is 2.31. The Morgan fingerprint density at radius 3 is 2.42 bits per heavy atom. The second kappa shape index (κ2) is 4.12. The number of amidine groups is 1. The van der Waals surface area contributed by atoms with Crippen LogP contribution >= 0.6 is 0 Å². The van der Waals surface area contributed by atoms with E-state index in [1.165, 1.54) is 4.90 Å². The molecule has 2 aromatic rings. The van der Waals surface area contributed by atoms with Gasteiger partial charge in [-0.3, -0.25) is 5.41 Å². The van der Waals surface area contributed by atoms with E-state index in [0.29, 0.717) is 5.56 Å². The Kier molecular flexibility index (Phi) is 2.55. The molecule has 0 radical (unpaired) electrons. The lowest BCUT2D eigenvalue weighted by Crippen LogP contribution is -2.24. The highest BCUT2D eigenvalue weighted by Gasteiger charge is 2.28. The first kappa shape index (κ1) is 11.8. The summed E-state index contributed by atoms with van der Waals surface area (Å²) in [6.07, 6.45) is 0. The molecule has 2 nitrogen and oxygen atoms in total. The van der Waals surface area contributed by atoms with E-state index in [2.05, 4.69) is 0 Å². The third-order valence-electron chi connectivity index (χ3n) is 3.18. The van der Waals surface area contributed by atoms with E-state index in [1.54, 1.807) is 12.1 Å². The van der Waals surface area contributed by atoms with Crippen LogP contribution in [0.1, 0.15) is 11.1 Å². The van der Waals surface area contributed by atoms with Crippen LogP contribution in [-0.4, -0.2) is 5.84 Å². The van der Waals surface area contributed by atoms with Gasteiger partial charge in [-0.1, -0.05) is 24.3 Å². The van der Waals surface area contributed by atoms with Crippen molar-refractivity contribution in [3.8, 4) is 0 Å². The van der Waals surface area contributed by atoms with Crippen LogP contribution in [0.4, 0.5) is 18.9 Å². The molecular formula is C14H9F3N2. The van der Waals surface area contributed by atoms with Crippen molar-refractivity contribution in [1.82, 2.24) is 0 Å². The first-order valence-electron chi connectivity index (χ1n) is 5.67. The molecular weight excluding hydrogens is 253 g/mol. The largest absolute Gasteiger partial charge is 0.319 e. The Hall–Kier alpha value is -2.30. The number of nitrogens with one attached hydrogen (secondary N) is 1. The first-order chi connectivity index (χ1) is 9.09. The normalized spacial score (nSPS) is 13.8. The van der Waals surface area contributed by atoms with Gasteiger partial charge < -0.3 is 4.90 Å². The summed E-state index contributed by atoms with van der Waals surface area (Å²) in [6.45, 7) is 0.275. The van der Waals surface area contributed by atoms with E-state index in [1.807, 2.05) is 12.1 Å². The number of nitrogens with zero attached hydrogens (tertiary/aromatic N) is 1. The number of benzene rings is 2. The van der Waals surface area contributed by atoms with Crippen molar-refractivity contribution in [2.24, 2.45) is 0 Å². The monoisotopic (exact) mass is 262 g/mol. The summed E-state index contributed by atoms with van der Waals surface area (Å²) < 4.78 is 39.9. The Morgan fingerprint density at radius 1 is 0.947 bits per heavy atom. The predicted molar refractivity (Wildman–Crippen MR) is 65.8 cm³/mol. The van der Waals surface area contributed by atoms with Gasteiger partial charge in [-0.25, -0.2) is 13.2 Å². The van der Waals surface area contributed by atoms with Crippen molar-refractivity contribution in [2.45, 2.75) is 6.54 Å². The summed E-state index contributed by atoms with van der Waals surface area (Å²) in [7, 11) is 0. The quantitative estimate of drug-likeness (QED) is 0.783. The maximum absolute atomic E-state index is 13.8. The fourth-order valence-corrected chi connectivity index (χ4v) is 2.21. The Balaban J connectivity index is 2.07. The van der Waals surface area contributed by atoms with Crippen LogP contribution in [0.15, 0.2) is 36.4 Å². The third kappa shape index (κ3) is 1.69. The van der Waals surface area contributed by atoms with Crippen LogP contribution < -0.4 is 4.90 Å². The van der Waals surface area contributed by atoms with Crippen LogP contribution in [0.3, 0.4) is 0 Å². The minimum atomic E-state index is -1.51. The molecule has 96 valence electrons. The topological polar surface area (TPSA) is 27.1 Å². The van der Waals surface area contributed by atoms with Crippen LogP contribution in [0.5, 0.6) is 0 Å². The highest BCUT2D eigenvalue weighted by molar-refractivity contribution is 6.11. The molecule has 0 atom stereocenters. The first-order valence-corrected chi connectivity index (χ1v) is 5.67. The lowest BCUT2D eigenvalue weighted by atomic mass is 10.1. The van der Waals surface area contributed by atoms with Gasteiger partial charge in [0, 0.05) is 5.56 Å². The minimum absolute atomic E-state index is 0.0838. The zero-order valence-corrected chi connectivity index (χ0v) is 9.75. The maximum atomic E-state index is 13.8. The van der Waals surface area contributed by atoms with Crippen molar-refractivity contribution in [2.75, 3.05) is 4.90 Å². The smallest absolute Gasteiger partial charge is 0.196 e. The molecule has 0 saturated heterocycles. The van der Waals surface area contributed by atoms with Crippen LogP contribution in [0.25, 0.3) is 0 Å². The number of hydrogen-bond acceptors (Lipinski definition) is 1. The van der Waals surface area contributed by atoms with Crippen LogP contribution in [-0.2, 0) is 6.54 Å². The molecule has 1 heterocycles. The fourth-order valence-electron chi connectivity index (χ4n) is 2.21. The zero-order chi connectivity index (χ0) is 13.6. The number of hydrogen-bond donors (Lipinski definition) is 1. The third-order valence-corrected chi connectivity index (χ3v) is 3.18. The summed E-state index contributed by atoms with van der Waals surface area (Å²) >= 11 is 0. The van der Waals surface area contributed by atoms with E-state index in [-0.39, 0.29) is 18.1 Å². The van der Waals surface area contributed by atoms with Gasteiger partial charge in [-0.05, 0) is 17.7 Å². The number of fused-ring (bicyclic) bond motifs is 1. The fraction of sp³-hybridized carbons (Fsp3) is 0.0714. The number of rotatable bonds is 1. The zero-order valence-electron chi connectivity index (χ0n) is 9.75. The minimum Gasteiger partial charge on any atom is -0.319 e. The van der Waals surface area contributed by atoms with Gasteiger partial charge in [0.25, 0.3) is 0 Å². The predicted octanol–water partition coefficient (Wildman–Crippen LogP) is 3.45. The molecule has 1 N–H and O–H groups in total. The Labute approximate surface area is 107 Å². The molecule has 0 fully saturated rings. The van der Waals surface area contributed by atoms with Crippen molar-refractivity contribution in [1.29, 1.82) is 5.41 Å². The average molecular weight is 262 g/mol. The molecule has 0 spiro atoms. The van der Waals surface area contributed by atoms with Gasteiger partial charge in [0.2, 0.25) is 0 Å². The summed E-state index contributed by atoms with van der Waals surface area (Å²) in [5.41, 5.74) is 1.41. The number of anilines is 1. The van der Waals surface area contributed by atoms with E-state index >= 15 is 0 Å². The van der Waals surface area contributed by atoms with E-state index in [4.69, 9.17) is 5.41 Å². The van der Waals surface area contributed by atoms with Gasteiger partial charge in [-0.2, -0.15) is 0 Å². The molecule has 0 unspecified atom stereocenters. The van der Waals surface area contributed by atoms with E-state index in [9.17, 15) is 13.2 Å². The second-order valence-electron chi connectivity index (χ2n) is 4.29. The summed E-state index contributed by atoms with van der Waals surface area (Å²) in [4.78, 5) is 1.32. The molecule has 5 heteroatoms. The molecule has 2 aromatic carbocycles.